The molecule has 1 fully saturated rings. The van der Waals surface area contributed by atoms with Gasteiger partial charge >= 0.3 is 0 Å². The first-order valence-corrected chi connectivity index (χ1v) is 7.19. The molecule has 1 aliphatic carbocycles. The van der Waals surface area contributed by atoms with Gasteiger partial charge in [0.05, 0.1) is 5.56 Å². The van der Waals surface area contributed by atoms with Gasteiger partial charge in [-0.2, -0.15) is 0 Å². The number of amidine groups is 1. The van der Waals surface area contributed by atoms with Crippen molar-refractivity contribution in [1.29, 1.82) is 0 Å². The molecule has 1 amide bonds. The van der Waals surface area contributed by atoms with Crippen molar-refractivity contribution in [3.8, 4) is 0 Å². The Morgan fingerprint density at radius 1 is 1.48 bits per heavy atom. The van der Waals surface area contributed by atoms with E-state index in [2.05, 4.69) is 22.4 Å². The maximum Gasteiger partial charge on any atom is 0.253 e. The van der Waals surface area contributed by atoms with Crippen LogP contribution in [0, 0.1) is 12.8 Å². The van der Waals surface area contributed by atoms with E-state index in [9.17, 15) is 4.79 Å². The molecule has 1 aliphatic rings. The van der Waals surface area contributed by atoms with Gasteiger partial charge in [0.15, 0.2) is 5.84 Å². The number of carbonyl (C=O) groups excluding carboxylic acids is 1. The monoisotopic (exact) mass is 290 g/mol. The summed E-state index contributed by atoms with van der Waals surface area (Å²) in [4.78, 5) is 16.5. The van der Waals surface area contributed by atoms with Crippen LogP contribution in [0.3, 0.4) is 0 Å². The fourth-order valence-corrected chi connectivity index (χ4v) is 2.76. The second kappa shape index (κ2) is 6.11. The van der Waals surface area contributed by atoms with E-state index in [4.69, 9.17) is 10.9 Å². The van der Waals surface area contributed by atoms with E-state index < -0.39 is 5.54 Å². The first-order valence-electron chi connectivity index (χ1n) is 7.19. The van der Waals surface area contributed by atoms with E-state index in [0.717, 1.165) is 18.4 Å². The minimum Gasteiger partial charge on any atom is -0.409 e. The summed E-state index contributed by atoms with van der Waals surface area (Å²) in [5, 5.41) is 15.1. The molecule has 21 heavy (non-hydrogen) atoms. The number of hydrogen-bond donors (Lipinski definition) is 3. The van der Waals surface area contributed by atoms with Crippen LogP contribution >= 0.6 is 0 Å². The highest BCUT2D eigenvalue weighted by atomic mass is 16.4. The van der Waals surface area contributed by atoms with Crippen molar-refractivity contribution in [3.63, 3.8) is 0 Å². The summed E-state index contributed by atoms with van der Waals surface area (Å²) in [6, 6.07) is 1.77. The lowest BCUT2D eigenvalue weighted by molar-refractivity contribution is 0.0897. The lowest BCUT2D eigenvalue weighted by Crippen LogP contribution is -2.59. The topological polar surface area (TPSA) is 101 Å². The summed E-state index contributed by atoms with van der Waals surface area (Å²) in [5.41, 5.74) is 6.49. The van der Waals surface area contributed by atoms with Crippen LogP contribution in [-0.2, 0) is 0 Å². The van der Waals surface area contributed by atoms with E-state index in [0.29, 0.717) is 24.3 Å². The molecule has 0 radical (unpaired) electrons. The smallest absolute Gasteiger partial charge is 0.253 e. The van der Waals surface area contributed by atoms with Crippen molar-refractivity contribution in [1.82, 2.24) is 10.3 Å². The standard InChI is InChI=1S/C15H22N4O2/c1-10-3-5-15(6-4-10,14(16)19-21)18-13(20)12-7-11(2)8-17-9-12/h7-10,21H,3-6H2,1-2H3,(H2,16,19)(H,18,20). The van der Waals surface area contributed by atoms with Crippen LogP contribution in [0.25, 0.3) is 0 Å². The molecule has 1 aromatic heterocycles. The van der Waals surface area contributed by atoms with Crippen LogP contribution in [0.2, 0.25) is 0 Å². The van der Waals surface area contributed by atoms with Gasteiger partial charge in [-0.05, 0) is 50.2 Å². The van der Waals surface area contributed by atoms with Crippen molar-refractivity contribution in [2.24, 2.45) is 16.8 Å². The van der Waals surface area contributed by atoms with E-state index in [1.807, 2.05) is 6.92 Å². The number of rotatable bonds is 3. The number of oxime groups is 1. The van der Waals surface area contributed by atoms with Gasteiger partial charge in [-0.3, -0.25) is 9.78 Å². The van der Waals surface area contributed by atoms with Crippen LogP contribution in [0.1, 0.15) is 48.5 Å². The van der Waals surface area contributed by atoms with E-state index in [1.54, 1.807) is 12.3 Å². The summed E-state index contributed by atoms with van der Waals surface area (Å²) in [5.74, 6) is 0.415. The summed E-state index contributed by atoms with van der Waals surface area (Å²) in [6.07, 6.45) is 6.43. The van der Waals surface area contributed by atoms with Gasteiger partial charge in [0, 0.05) is 12.4 Å². The van der Waals surface area contributed by atoms with Crippen molar-refractivity contribution in [2.75, 3.05) is 0 Å². The number of carbonyl (C=O) groups is 1. The molecule has 1 heterocycles. The zero-order chi connectivity index (χ0) is 15.5. The Kier molecular flexibility index (Phi) is 4.45. The Morgan fingerprint density at radius 3 is 2.71 bits per heavy atom. The summed E-state index contributed by atoms with van der Waals surface area (Å²) < 4.78 is 0. The lowest BCUT2D eigenvalue weighted by Gasteiger charge is -2.38. The number of nitrogens with two attached hydrogens (primary N) is 1. The normalized spacial score (nSPS) is 26.4. The van der Waals surface area contributed by atoms with E-state index in [-0.39, 0.29) is 11.7 Å². The zero-order valence-electron chi connectivity index (χ0n) is 12.5. The number of pyridine rings is 1. The Hall–Kier alpha value is -2.11. The third-order valence-corrected chi connectivity index (χ3v) is 4.22. The van der Waals surface area contributed by atoms with Crippen LogP contribution in [-0.4, -0.2) is 27.5 Å². The highest BCUT2D eigenvalue weighted by molar-refractivity contribution is 6.00. The Balaban J connectivity index is 2.21. The molecule has 6 nitrogen and oxygen atoms in total. The maximum absolute atomic E-state index is 12.4. The number of hydrogen-bond acceptors (Lipinski definition) is 4. The SMILES string of the molecule is Cc1cncc(C(=O)NC2(C(N)=NO)CCC(C)CC2)c1. The average molecular weight is 290 g/mol. The van der Waals surface area contributed by atoms with Gasteiger partial charge < -0.3 is 16.3 Å². The van der Waals surface area contributed by atoms with Gasteiger partial charge in [0.1, 0.15) is 5.54 Å². The molecule has 0 atom stereocenters. The molecule has 0 aromatic carbocycles. The van der Waals surface area contributed by atoms with Crippen molar-refractivity contribution < 1.29 is 10.0 Å². The molecular formula is C15H22N4O2. The Bertz CT molecular complexity index is 548. The summed E-state index contributed by atoms with van der Waals surface area (Å²) in [6.45, 7) is 4.05. The molecule has 2 rings (SSSR count). The largest absolute Gasteiger partial charge is 0.409 e. The number of amides is 1. The van der Waals surface area contributed by atoms with Crippen LogP contribution in [0.4, 0.5) is 0 Å². The maximum atomic E-state index is 12.4. The molecular weight excluding hydrogens is 268 g/mol. The molecule has 0 bridgehead atoms. The summed E-state index contributed by atoms with van der Waals surface area (Å²) in [7, 11) is 0. The first kappa shape index (κ1) is 15.3. The fraction of sp³-hybridized carbons (Fsp3) is 0.533. The second-order valence-electron chi connectivity index (χ2n) is 5.95. The minimum absolute atomic E-state index is 0.0726. The van der Waals surface area contributed by atoms with Crippen molar-refractivity contribution >= 4 is 11.7 Å². The molecule has 4 N–H and O–H groups in total. The number of aromatic nitrogens is 1. The van der Waals surface area contributed by atoms with Gasteiger partial charge in [-0.1, -0.05) is 12.1 Å². The van der Waals surface area contributed by atoms with E-state index in [1.165, 1.54) is 6.20 Å². The molecule has 6 heteroatoms. The van der Waals surface area contributed by atoms with Crippen molar-refractivity contribution in [2.45, 2.75) is 45.1 Å². The average Bonchev–Trinajstić information content (AvgIpc) is 2.49. The second-order valence-corrected chi connectivity index (χ2v) is 5.95. The first-order chi connectivity index (χ1) is 9.97. The highest BCUT2D eigenvalue weighted by Crippen LogP contribution is 2.32. The predicted molar refractivity (Wildman–Crippen MR) is 80.2 cm³/mol. The lowest BCUT2D eigenvalue weighted by atomic mass is 9.76. The number of nitrogens with one attached hydrogen (secondary N) is 1. The Morgan fingerprint density at radius 2 is 2.14 bits per heavy atom. The fourth-order valence-electron chi connectivity index (χ4n) is 2.76. The number of aryl methyl sites for hydroxylation is 1. The molecule has 0 saturated heterocycles. The zero-order valence-corrected chi connectivity index (χ0v) is 12.5. The van der Waals surface area contributed by atoms with Crippen molar-refractivity contribution in [3.05, 3.63) is 29.6 Å². The molecule has 0 spiro atoms. The summed E-state index contributed by atoms with van der Waals surface area (Å²) >= 11 is 0. The number of nitrogens with zero attached hydrogens (tertiary/aromatic N) is 2. The quantitative estimate of drug-likeness (QED) is 0.342. The third-order valence-electron chi connectivity index (χ3n) is 4.22. The molecule has 0 unspecified atom stereocenters. The van der Waals surface area contributed by atoms with Crippen LogP contribution in [0.5, 0.6) is 0 Å². The van der Waals surface area contributed by atoms with Gasteiger partial charge in [-0.25, -0.2) is 0 Å². The molecule has 1 saturated carbocycles. The molecule has 1 aromatic rings. The van der Waals surface area contributed by atoms with Gasteiger partial charge in [-0.15, -0.1) is 0 Å². The van der Waals surface area contributed by atoms with Crippen LogP contribution < -0.4 is 11.1 Å². The predicted octanol–water partition coefficient (Wildman–Crippen LogP) is 1.82. The minimum atomic E-state index is -0.762. The van der Waals surface area contributed by atoms with Crippen LogP contribution in [0.15, 0.2) is 23.6 Å². The van der Waals surface area contributed by atoms with E-state index >= 15 is 0 Å². The third kappa shape index (κ3) is 3.32. The Labute approximate surface area is 124 Å². The molecule has 0 aliphatic heterocycles. The van der Waals surface area contributed by atoms with Gasteiger partial charge in [0.2, 0.25) is 0 Å². The van der Waals surface area contributed by atoms with Gasteiger partial charge in [0.25, 0.3) is 5.91 Å². The molecule has 114 valence electrons. The highest BCUT2D eigenvalue weighted by Gasteiger charge is 2.40.